The van der Waals surface area contributed by atoms with Crippen molar-refractivity contribution in [1.29, 1.82) is 0 Å². The van der Waals surface area contributed by atoms with Gasteiger partial charge in [-0.3, -0.25) is 4.79 Å². The number of likely N-dealkylation sites (tertiary alicyclic amines) is 1. The molecule has 1 aliphatic rings. The van der Waals surface area contributed by atoms with Crippen molar-refractivity contribution in [3.05, 3.63) is 34.1 Å². The monoisotopic (exact) mass is 314 g/mol. The van der Waals surface area contributed by atoms with Crippen LogP contribution in [0, 0.1) is 11.7 Å². The van der Waals surface area contributed by atoms with Crippen LogP contribution in [-0.4, -0.2) is 30.4 Å². The molecule has 0 unspecified atom stereocenters. The highest BCUT2D eigenvalue weighted by molar-refractivity contribution is 9.10. The predicted octanol–water partition coefficient (Wildman–Crippen LogP) is 2.40. The molecule has 1 amide bonds. The van der Waals surface area contributed by atoms with E-state index in [1.165, 1.54) is 18.2 Å². The SMILES string of the molecule is NCC1CCN(C(=O)c2ccc(F)cc2Br)CC1. The van der Waals surface area contributed by atoms with Gasteiger partial charge in [0.15, 0.2) is 0 Å². The third-order valence-corrected chi connectivity index (χ3v) is 4.05. The average Bonchev–Trinajstić information content (AvgIpc) is 2.38. The molecule has 1 aliphatic heterocycles. The largest absolute Gasteiger partial charge is 0.339 e. The first-order valence-electron chi connectivity index (χ1n) is 6.06. The van der Waals surface area contributed by atoms with Crippen molar-refractivity contribution in [3.63, 3.8) is 0 Å². The molecule has 18 heavy (non-hydrogen) atoms. The Labute approximate surface area is 114 Å². The lowest BCUT2D eigenvalue weighted by Gasteiger charge is -2.31. The van der Waals surface area contributed by atoms with Crippen molar-refractivity contribution in [1.82, 2.24) is 4.90 Å². The van der Waals surface area contributed by atoms with Gasteiger partial charge in [-0.05, 0) is 59.4 Å². The van der Waals surface area contributed by atoms with Crippen molar-refractivity contribution >= 4 is 21.8 Å². The van der Waals surface area contributed by atoms with Crippen molar-refractivity contribution in [2.75, 3.05) is 19.6 Å². The second kappa shape index (κ2) is 5.80. The summed E-state index contributed by atoms with van der Waals surface area (Å²) in [5.41, 5.74) is 6.14. The Bertz CT molecular complexity index is 445. The molecule has 1 fully saturated rings. The fourth-order valence-corrected chi connectivity index (χ4v) is 2.73. The molecule has 0 aromatic heterocycles. The first kappa shape index (κ1) is 13.5. The zero-order valence-electron chi connectivity index (χ0n) is 10.0. The summed E-state index contributed by atoms with van der Waals surface area (Å²) in [7, 11) is 0. The molecule has 0 bridgehead atoms. The van der Waals surface area contributed by atoms with E-state index in [4.69, 9.17) is 5.73 Å². The fraction of sp³-hybridized carbons (Fsp3) is 0.462. The Morgan fingerprint density at radius 3 is 2.67 bits per heavy atom. The number of hydrogen-bond acceptors (Lipinski definition) is 2. The van der Waals surface area contributed by atoms with Crippen LogP contribution in [0.4, 0.5) is 4.39 Å². The minimum Gasteiger partial charge on any atom is -0.339 e. The van der Waals surface area contributed by atoms with Crippen LogP contribution in [0.5, 0.6) is 0 Å². The lowest BCUT2D eigenvalue weighted by Crippen LogP contribution is -2.40. The number of nitrogens with two attached hydrogens (primary N) is 1. The maximum Gasteiger partial charge on any atom is 0.255 e. The molecule has 98 valence electrons. The summed E-state index contributed by atoms with van der Waals surface area (Å²) in [5.74, 6) is 0.128. The fourth-order valence-electron chi connectivity index (χ4n) is 2.21. The molecule has 1 heterocycles. The number of rotatable bonds is 2. The van der Waals surface area contributed by atoms with E-state index in [9.17, 15) is 9.18 Å². The molecule has 2 N–H and O–H groups in total. The topological polar surface area (TPSA) is 46.3 Å². The summed E-state index contributed by atoms with van der Waals surface area (Å²) in [6.07, 6.45) is 1.89. The molecule has 1 aromatic carbocycles. The van der Waals surface area contributed by atoms with Gasteiger partial charge in [0, 0.05) is 17.6 Å². The molecular weight excluding hydrogens is 299 g/mol. The molecule has 3 nitrogen and oxygen atoms in total. The highest BCUT2D eigenvalue weighted by atomic mass is 79.9. The summed E-state index contributed by atoms with van der Waals surface area (Å²) in [6, 6.07) is 4.15. The van der Waals surface area contributed by atoms with Crippen molar-refractivity contribution < 1.29 is 9.18 Å². The van der Waals surface area contributed by atoms with E-state index in [0.29, 0.717) is 22.5 Å². The standard InChI is InChI=1S/C13H16BrFN2O/c14-12-7-10(15)1-2-11(12)13(18)17-5-3-9(8-16)4-6-17/h1-2,7,9H,3-6,8,16H2. The third-order valence-electron chi connectivity index (χ3n) is 3.40. The zero-order chi connectivity index (χ0) is 13.1. The van der Waals surface area contributed by atoms with Gasteiger partial charge >= 0.3 is 0 Å². The Hall–Kier alpha value is -0.940. The minimum absolute atomic E-state index is 0.0441. The maximum atomic E-state index is 13.0. The van der Waals surface area contributed by atoms with E-state index in [0.717, 1.165) is 25.9 Å². The van der Waals surface area contributed by atoms with Gasteiger partial charge in [-0.25, -0.2) is 4.39 Å². The van der Waals surface area contributed by atoms with Crippen LogP contribution in [0.25, 0.3) is 0 Å². The van der Waals surface area contributed by atoms with Gasteiger partial charge in [0.2, 0.25) is 0 Å². The van der Waals surface area contributed by atoms with E-state index < -0.39 is 0 Å². The average molecular weight is 315 g/mol. The van der Waals surface area contributed by atoms with Crippen LogP contribution in [0.2, 0.25) is 0 Å². The van der Waals surface area contributed by atoms with Crippen molar-refractivity contribution in [3.8, 4) is 0 Å². The highest BCUT2D eigenvalue weighted by Gasteiger charge is 2.24. The summed E-state index contributed by atoms with van der Waals surface area (Å²) in [4.78, 5) is 14.1. The Kier molecular flexibility index (Phi) is 4.35. The van der Waals surface area contributed by atoms with Crippen LogP contribution in [0.15, 0.2) is 22.7 Å². The molecule has 1 aromatic rings. The number of halogens is 2. The first-order chi connectivity index (χ1) is 8.61. The molecule has 0 atom stereocenters. The summed E-state index contributed by atoms with van der Waals surface area (Å²) in [6.45, 7) is 2.14. The van der Waals surface area contributed by atoms with E-state index in [1.54, 1.807) is 0 Å². The molecule has 0 spiro atoms. The second-order valence-corrected chi connectivity index (χ2v) is 5.45. The summed E-state index contributed by atoms with van der Waals surface area (Å²) < 4.78 is 13.5. The molecular formula is C13H16BrFN2O. The zero-order valence-corrected chi connectivity index (χ0v) is 11.6. The first-order valence-corrected chi connectivity index (χ1v) is 6.85. The number of carbonyl (C=O) groups is 1. The molecule has 0 saturated carbocycles. The lowest BCUT2D eigenvalue weighted by molar-refractivity contribution is 0.0692. The number of carbonyl (C=O) groups excluding carboxylic acids is 1. The quantitative estimate of drug-likeness (QED) is 0.911. The maximum absolute atomic E-state index is 13.0. The van der Waals surface area contributed by atoms with Crippen LogP contribution >= 0.6 is 15.9 Å². The van der Waals surface area contributed by atoms with Gasteiger partial charge < -0.3 is 10.6 Å². The lowest BCUT2D eigenvalue weighted by atomic mass is 9.96. The normalized spacial score (nSPS) is 16.9. The van der Waals surface area contributed by atoms with Crippen LogP contribution in [0.3, 0.4) is 0 Å². The van der Waals surface area contributed by atoms with Gasteiger partial charge in [-0.1, -0.05) is 0 Å². The van der Waals surface area contributed by atoms with Crippen molar-refractivity contribution in [2.24, 2.45) is 11.7 Å². The number of nitrogens with zero attached hydrogens (tertiary/aromatic N) is 1. The van der Waals surface area contributed by atoms with Crippen molar-refractivity contribution in [2.45, 2.75) is 12.8 Å². The van der Waals surface area contributed by atoms with Gasteiger partial charge in [0.25, 0.3) is 5.91 Å². The molecule has 5 heteroatoms. The number of hydrogen-bond donors (Lipinski definition) is 1. The smallest absolute Gasteiger partial charge is 0.255 e. The molecule has 0 radical (unpaired) electrons. The molecule has 0 aliphatic carbocycles. The van der Waals surface area contributed by atoms with Gasteiger partial charge in [0.05, 0.1) is 5.56 Å². The van der Waals surface area contributed by atoms with E-state index in [1.807, 2.05) is 4.90 Å². The Morgan fingerprint density at radius 2 is 2.11 bits per heavy atom. The molecule has 2 rings (SSSR count). The van der Waals surface area contributed by atoms with E-state index in [-0.39, 0.29) is 11.7 Å². The van der Waals surface area contributed by atoms with Crippen LogP contribution in [-0.2, 0) is 0 Å². The van der Waals surface area contributed by atoms with Gasteiger partial charge in [-0.15, -0.1) is 0 Å². The van der Waals surface area contributed by atoms with E-state index in [2.05, 4.69) is 15.9 Å². The van der Waals surface area contributed by atoms with Gasteiger partial charge in [0.1, 0.15) is 5.82 Å². The second-order valence-electron chi connectivity index (χ2n) is 4.60. The third kappa shape index (κ3) is 2.90. The number of piperidine rings is 1. The van der Waals surface area contributed by atoms with Gasteiger partial charge in [-0.2, -0.15) is 0 Å². The highest BCUT2D eigenvalue weighted by Crippen LogP contribution is 2.23. The minimum atomic E-state index is -0.347. The number of benzene rings is 1. The van der Waals surface area contributed by atoms with E-state index >= 15 is 0 Å². The number of amides is 1. The summed E-state index contributed by atoms with van der Waals surface area (Å²) in [5, 5.41) is 0. The Balaban J connectivity index is 2.08. The Morgan fingerprint density at radius 1 is 1.44 bits per heavy atom. The summed E-state index contributed by atoms with van der Waals surface area (Å²) >= 11 is 3.23. The van der Waals surface area contributed by atoms with Crippen LogP contribution < -0.4 is 5.73 Å². The van der Waals surface area contributed by atoms with Crippen LogP contribution in [0.1, 0.15) is 23.2 Å². The molecule has 1 saturated heterocycles. The predicted molar refractivity (Wildman–Crippen MR) is 71.8 cm³/mol.